The Hall–Kier alpha value is -1.44. The third kappa shape index (κ3) is 1.80. The molecule has 16 heavy (non-hydrogen) atoms. The number of phenolic OH excluding ortho intramolecular Hbond substituents is 2. The lowest BCUT2D eigenvalue weighted by Crippen LogP contribution is -1.96. The van der Waals surface area contributed by atoms with E-state index in [1.807, 2.05) is 22.6 Å². The van der Waals surface area contributed by atoms with E-state index in [1.165, 1.54) is 18.2 Å². The van der Waals surface area contributed by atoms with Gasteiger partial charge in [0.25, 0.3) is 0 Å². The Kier molecular flexibility index (Phi) is 2.90. The Morgan fingerprint density at radius 2 is 2.06 bits per heavy atom. The molecule has 0 aliphatic rings. The van der Waals surface area contributed by atoms with Crippen LogP contribution in [-0.2, 0) is 0 Å². The Morgan fingerprint density at radius 3 is 2.75 bits per heavy atom. The third-order valence-corrected chi connectivity index (χ3v) is 2.34. The largest absolute Gasteiger partial charge is 0.502 e. The summed E-state index contributed by atoms with van der Waals surface area (Å²) < 4.78 is 10.2. The average molecular weight is 334 g/mol. The molecule has 0 aliphatic carbocycles. The first-order valence-corrected chi connectivity index (χ1v) is 5.83. The van der Waals surface area contributed by atoms with Crippen LogP contribution < -0.4 is 10.4 Å². The van der Waals surface area contributed by atoms with Crippen molar-refractivity contribution in [1.82, 2.24) is 0 Å². The number of halogens is 1. The Morgan fingerprint density at radius 1 is 1.31 bits per heavy atom. The lowest BCUT2D eigenvalue weighted by Gasteiger charge is -2.08. The fourth-order valence-corrected chi connectivity index (χ4v) is 1.66. The molecule has 0 fully saturated rings. The Balaban J connectivity index is 2.77. The van der Waals surface area contributed by atoms with Gasteiger partial charge in [0, 0.05) is 11.5 Å². The zero-order chi connectivity index (χ0) is 11.7. The zero-order valence-corrected chi connectivity index (χ0v) is 10.1. The molecule has 0 amide bonds. The molecule has 1 heterocycles. The van der Waals surface area contributed by atoms with Crippen LogP contribution in [0.2, 0.25) is 0 Å². The summed E-state index contributed by atoms with van der Waals surface area (Å²) in [6, 6.07) is 4.21. The first-order chi connectivity index (χ1) is 7.63. The molecule has 0 radical (unpaired) electrons. The van der Waals surface area contributed by atoms with Gasteiger partial charge in [-0.25, -0.2) is 4.79 Å². The van der Waals surface area contributed by atoms with Crippen molar-refractivity contribution in [2.24, 2.45) is 0 Å². The molecule has 5 nitrogen and oxygen atoms in total. The number of alkyl halides is 1. The molecule has 84 valence electrons. The van der Waals surface area contributed by atoms with Crippen LogP contribution in [0.4, 0.5) is 0 Å². The number of hydrogen-bond donors (Lipinski definition) is 2. The standard InChI is InChI=1S/C10H7IO5/c11-4-15-6-3-5-1-2-7(12)16-10(5)9(14)8(6)13/h1-3,13-14H,4H2. The zero-order valence-electron chi connectivity index (χ0n) is 7.94. The van der Waals surface area contributed by atoms with Gasteiger partial charge in [0.15, 0.2) is 11.3 Å². The summed E-state index contributed by atoms with van der Waals surface area (Å²) >= 11 is 1.96. The highest BCUT2D eigenvalue weighted by Crippen LogP contribution is 2.41. The Bertz CT molecular complexity index is 590. The van der Waals surface area contributed by atoms with Crippen LogP contribution in [-0.4, -0.2) is 14.8 Å². The van der Waals surface area contributed by atoms with E-state index in [2.05, 4.69) is 0 Å². The normalized spacial score (nSPS) is 10.6. The predicted molar refractivity (Wildman–Crippen MR) is 65.3 cm³/mol. The molecule has 0 saturated heterocycles. The number of fused-ring (bicyclic) bond motifs is 1. The van der Waals surface area contributed by atoms with Gasteiger partial charge < -0.3 is 19.4 Å². The average Bonchev–Trinajstić information content (AvgIpc) is 2.27. The molecular formula is C10H7IO5. The summed E-state index contributed by atoms with van der Waals surface area (Å²) in [5, 5.41) is 19.7. The van der Waals surface area contributed by atoms with Crippen molar-refractivity contribution in [1.29, 1.82) is 0 Å². The SMILES string of the molecule is O=c1ccc2cc(OCI)c(O)c(O)c2o1. The van der Waals surface area contributed by atoms with E-state index in [-0.39, 0.29) is 11.3 Å². The maximum Gasteiger partial charge on any atom is 0.336 e. The van der Waals surface area contributed by atoms with E-state index in [9.17, 15) is 15.0 Å². The second-order valence-corrected chi connectivity index (χ2v) is 3.62. The minimum absolute atomic E-state index is 0.0502. The van der Waals surface area contributed by atoms with E-state index < -0.39 is 17.1 Å². The summed E-state index contributed by atoms with van der Waals surface area (Å²) in [5.74, 6) is -0.776. The second kappa shape index (κ2) is 4.20. The molecule has 2 N–H and O–H groups in total. The van der Waals surface area contributed by atoms with Crippen molar-refractivity contribution in [3.8, 4) is 17.2 Å². The van der Waals surface area contributed by atoms with Gasteiger partial charge in [-0.05, 0) is 34.7 Å². The number of aromatic hydroxyl groups is 2. The molecule has 2 rings (SSSR count). The molecule has 0 aliphatic heterocycles. The van der Waals surface area contributed by atoms with Crippen LogP contribution in [0.1, 0.15) is 0 Å². The van der Waals surface area contributed by atoms with Gasteiger partial charge in [-0.2, -0.15) is 0 Å². The quantitative estimate of drug-likeness (QED) is 0.380. The fourth-order valence-electron chi connectivity index (χ4n) is 1.33. The van der Waals surface area contributed by atoms with Gasteiger partial charge in [-0.1, -0.05) is 0 Å². The van der Waals surface area contributed by atoms with Crippen molar-refractivity contribution < 1.29 is 19.4 Å². The number of benzene rings is 1. The van der Waals surface area contributed by atoms with Gasteiger partial charge in [0.05, 0.1) is 0 Å². The van der Waals surface area contributed by atoms with Gasteiger partial charge in [0.2, 0.25) is 11.5 Å². The highest BCUT2D eigenvalue weighted by molar-refractivity contribution is 14.1. The third-order valence-electron chi connectivity index (χ3n) is 2.03. The molecule has 2 aromatic rings. The smallest absolute Gasteiger partial charge is 0.336 e. The Labute approximate surface area is 103 Å². The lowest BCUT2D eigenvalue weighted by atomic mass is 10.2. The van der Waals surface area contributed by atoms with Crippen molar-refractivity contribution in [3.05, 3.63) is 28.6 Å². The van der Waals surface area contributed by atoms with Gasteiger partial charge in [-0.3, -0.25) is 0 Å². The molecule has 0 unspecified atom stereocenters. The van der Waals surface area contributed by atoms with Crippen LogP contribution in [0.15, 0.2) is 27.4 Å². The van der Waals surface area contributed by atoms with E-state index in [4.69, 9.17) is 9.15 Å². The monoisotopic (exact) mass is 334 g/mol. The van der Waals surface area contributed by atoms with Crippen LogP contribution in [0.5, 0.6) is 17.2 Å². The summed E-state index contributed by atoms with van der Waals surface area (Å²) in [7, 11) is 0. The maximum absolute atomic E-state index is 11.0. The van der Waals surface area contributed by atoms with Gasteiger partial charge >= 0.3 is 5.63 Å². The van der Waals surface area contributed by atoms with E-state index in [1.54, 1.807) is 0 Å². The van der Waals surface area contributed by atoms with Crippen molar-refractivity contribution in [3.63, 3.8) is 0 Å². The number of phenols is 2. The van der Waals surface area contributed by atoms with Crippen LogP contribution in [0.3, 0.4) is 0 Å². The highest BCUT2D eigenvalue weighted by atomic mass is 127. The van der Waals surface area contributed by atoms with Crippen LogP contribution in [0.25, 0.3) is 11.0 Å². The highest BCUT2D eigenvalue weighted by Gasteiger charge is 2.14. The maximum atomic E-state index is 11.0. The summed E-state index contributed by atoms with van der Waals surface area (Å²) in [4.78, 5) is 11.0. The van der Waals surface area contributed by atoms with E-state index in [0.717, 1.165) is 0 Å². The number of ether oxygens (including phenoxy) is 1. The lowest BCUT2D eigenvalue weighted by molar-refractivity contribution is 0.345. The molecule has 0 atom stereocenters. The number of hydrogen-bond acceptors (Lipinski definition) is 5. The number of rotatable bonds is 2. The first-order valence-electron chi connectivity index (χ1n) is 4.31. The van der Waals surface area contributed by atoms with Gasteiger partial charge in [0.1, 0.15) is 4.61 Å². The topological polar surface area (TPSA) is 79.9 Å². The molecule has 6 heteroatoms. The summed E-state index contributed by atoms with van der Waals surface area (Å²) in [6.45, 7) is 0. The molecular weight excluding hydrogens is 327 g/mol. The minimum atomic E-state index is -0.593. The van der Waals surface area contributed by atoms with Crippen molar-refractivity contribution in [2.75, 3.05) is 4.61 Å². The van der Waals surface area contributed by atoms with Crippen molar-refractivity contribution in [2.45, 2.75) is 0 Å². The molecule has 0 spiro atoms. The first kappa shape index (κ1) is 11.1. The molecule has 0 bridgehead atoms. The minimum Gasteiger partial charge on any atom is -0.502 e. The van der Waals surface area contributed by atoms with Crippen LogP contribution >= 0.6 is 22.6 Å². The summed E-state index contributed by atoms with van der Waals surface area (Å²) in [5.41, 5.74) is -0.643. The predicted octanol–water partition coefficient (Wildman–Crippen LogP) is 1.98. The molecule has 1 aromatic carbocycles. The fraction of sp³-hybridized carbons (Fsp3) is 0.100. The second-order valence-electron chi connectivity index (χ2n) is 3.00. The van der Waals surface area contributed by atoms with Crippen molar-refractivity contribution >= 4 is 33.6 Å². The van der Waals surface area contributed by atoms with E-state index in [0.29, 0.717) is 10.00 Å². The van der Waals surface area contributed by atoms with E-state index >= 15 is 0 Å². The molecule has 1 aromatic heterocycles. The molecule has 0 saturated carbocycles. The van der Waals surface area contributed by atoms with Gasteiger partial charge in [-0.15, -0.1) is 0 Å². The summed E-state index contributed by atoms with van der Waals surface area (Å²) in [6.07, 6.45) is 0. The van der Waals surface area contributed by atoms with Crippen LogP contribution in [0, 0.1) is 0 Å².